The minimum Gasteiger partial charge on any atom is -0.468 e. The lowest BCUT2D eigenvalue weighted by Crippen LogP contribution is -2.46. The van der Waals surface area contributed by atoms with Gasteiger partial charge in [0.25, 0.3) is 0 Å². The van der Waals surface area contributed by atoms with Crippen LogP contribution in [0.15, 0.2) is 12.3 Å². The zero-order chi connectivity index (χ0) is 14.9. The van der Waals surface area contributed by atoms with Crippen LogP contribution in [-0.2, 0) is 23.1 Å². The van der Waals surface area contributed by atoms with Crippen molar-refractivity contribution in [3.05, 3.63) is 23.5 Å². The molecule has 6 heteroatoms. The van der Waals surface area contributed by atoms with Gasteiger partial charge in [-0.3, -0.25) is 14.8 Å². The number of nitrogens with zero attached hydrogens (tertiary/aromatic N) is 3. The third-order valence-electron chi connectivity index (χ3n) is 3.35. The van der Waals surface area contributed by atoms with Gasteiger partial charge < -0.3 is 4.74 Å². The molecule has 0 amide bonds. The second-order valence-corrected chi connectivity index (χ2v) is 5.39. The molecule has 0 aromatic carbocycles. The highest BCUT2D eigenvalue weighted by Gasteiger charge is 2.27. The van der Waals surface area contributed by atoms with Gasteiger partial charge in [-0.25, -0.2) is 4.98 Å². The summed E-state index contributed by atoms with van der Waals surface area (Å²) in [6.07, 6.45) is 1.80. The van der Waals surface area contributed by atoms with Gasteiger partial charge in [0.05, 0.1) is 12.8 Å². The standard InChI is InChI=1S/C14H20N4O2/c1-9-11-6-10(7-15-12(11)18(4)17-9)8-16-14(2,3)13(19)20-5/h6-7,16H,8H2,1-5H3. The summed E-state index contributed by atoms with van der Waals surface area (Å²) in [4.78, 5) is 16.0. The minimum atomic E-state index is -0.728. The van der Waals surface area contributed by atoms with Crippen molar-refractivity contribution in [2.75, 3.05) is 7.11 Å². The molecule has 0 fully saturated rings. The Balaban J connectivity index is 2.19. The largest absolute Gasteiger partial charge is 0.468 e. The fraction of sp³-hybridized carbons (Fsp3) is 0.500. The molecule has 0 aliphatic carbocycles. The van der Waals surface area contributed by atoms with Gasteiger partial charge in [0.2, 0.25) is 0 Å². The number of carbonyl (C=O) groups is 1. The number of carbonyl (C=O) groups excluding carboxylic acids is 1. The molecule has 0 bridgehead atoms. The van der Waals surface area contributed by atoms with Gasteiger partial charge in [-0.05, 0) is 32.4 Å². The fourth-order valence-corrected chi connectivity index (χ4v) is 2.10. The van der Waals surface area contributed by atoms with Crippen LogP contribution in [-0.4, -0.2) is 33.4 Å². The molecule has 0 saturated heterocycles. The Labute approximate surface area is 118 Å². The molecule has 0 atom stereocenters. The van der Waals surface area contributed by atoms with Crippen molar-refractivity contribution in [2.24, 2.45) is 7.05 Å². The van der Waals surface area contributed by atoms with Gasteiger partial charge in [0.1, 0.15) is 5.54 Å². The van der Waals surface area contributed by atoms with E-state index in [1.165, 1.54) is 7.11 Å². The topological polar surface area (TPSA) is 69.0 Å². The predicted molar refractivity (Wildman–Crippen MR) is 76.2 cm³/mol. The molecule has 0 aliphatic rings. The highest BCUT2D eigenvalue weighted by molar-refractivity contribution is 5.80. The van der Waals surface area contributed by atoms with E-state index < -0.39 is 5.54 Å². The van der Waals surface area contributed by atoms with Crippen LogP contribution in [0.25, 0.3) is 11.0 Å². The molecule has 0 spiro atoms. The molecule has 1 N–H and O–H groups in total. The third-order valence-corrected chi connectivity index (χ3v) is 3.35. The summed E-state index contributed by atoms with van der Waals surface area (Å²) in [7, 11) is 3.26. The Morgan fingerprint density at radius 3 is 2.85 bits per heavy atom. The molecule has 2 aromatic rings. The van der Waals surface area contributed by atoms with Crippen LogP contribution in [0.2, 0.25) is 0 Å². The molecule has 0 saturated carbocycles. The maximum absolute atomic E-state index is 11.6. The Hall–Kier alpha value is -1.95. The lowest BCUT2D eigenvalue weighted by atomic mass is 10.1. The smallest absolute Gasteiger partial charge is 0.325 e. The van der Waals surface area contributed by atoms with E-state index in [0.29, 0.717) is 6.54 Å². The van der Waals surface area contributed by atoms with Gasteiger partial charge in [-0.1, -0.05) is 0 Å². The lowest BCUT2D eigenvalue weighted by Gasteiger charge is -2.23. The van der Waals surface area contributed by atoms with E-state index in [4.69, 9.17) is 4.74 Å². The van der Waals surface area contributed by atoms with Crippen LogP contribution in [0.4, 0.5) is 0 Å². The Bertz CT molecular complexity index is 646. The van der Waals surface area contributed by atoms with E-state index in [1.807, 2.05) is 20.0 Å². The Morgan fingerprint density at radius 1 is 1.50 bits per heavy atom. The van der Waals surface area contributed by atoms with Crippen LogP contribution in [0.1, 0.15) is 25.1 Å². The van der Waals surface area contributed by atoms with Gasteiger partial charge in [-0.2, -0.15) is 5.10 Å². The second-order valence-electron chi connectivity index (χ2n) is 5.39. The first-order valence-electron chi connectivity index (χ1n) is 6.47. The highest BCUT2D eigenvalue weighted by Crippen LogP contribution is 2.17. The summed E-state index contributed by atoms with van der Waals surface area (Å²) in [5.74, 6) is -0.288. The highest BCUT2D eigenvalue weighted by atomic mass is 16.5. The van der Waals surface area contributed by atoms with Crippen LogP contribution < -0.4 is 5.32 Å². The molecule has 6 nitrogen and oxygen atoms in total. The summed E-state index contributed by atoms with van der Waals surface area (Å²) < 4.78 is 6.53. The first kappa shape index (κ1) is 14.5. The second kappa shape index (κ2) is 5.20. The monoisotopic (exact) mass is 276 g/mol. The third kappa shape index (κ3) is 2.65. The molecule has 20 heavy (non-hydrogen) atoms. The molecule has 0 unspecified atom stereocenters. The van der Waals surface area contributed by atoms with E-state index in [1.54, 1.807) is 24.7 Å². The van der Waals surface area contributed by atoms with Crippen molar-refractivity contribution in [3.63, 3.8) is 0 Å². The first-order chi connectivity index (χ1) is 9.35. The summed E-state index contributed by atoms with van der Waals surface area (Å²) >= 11 is 0. The van der Waals surface area contributed by atoms with Gasteiger partial charge in [0, 0.05) is 25.2 Å². The van der Waals surface area contributed by atoms with Crippen LogP contribution >= 0.6 is 0 Å². The Morgan fingerprint density at radius 2 is 2.20 bits per heavy atom. The van der Waals surface area contributed by atoms with Gasteiger partial charge >= 0.3 is 5.97 Å². The number of hydrogen-bond acceptors (Lipinski definition) is 5. The predicted octanol–water partition coefficient (Wildman–Crippen LogP) is 1.32. The molecular formula is C14H20N4O2. The van der Waals surface area contributed by atoms with Crippen LogP contribution in [0.5, 0.6) is 0 Å². The number of nitrogens with one attached hydrogen (secondary N) is 1. The summed E-state index contributed by atoms with van der Waals surface area (Å²) in [5.41, 5.74) is 2.08. The average molecular weight is 276 g/mol. The van der Waals surface area contributed by atoms with Crippen molar-refractivity contribution in [1.82, 2.24) is 20.1 Å². The zero-order valence-electron chi connectivity index (χ0n) is 12.5. The van der Waals surface area contributed by atoms with Crippen molar-refractivity contribution in [2.45, 2.75) is 32.9 Å². The quantitative estimate of drug-likeness (QED) is 0.853. The van der Waals surface area contributed by atoms with Crippen molar-refractivity contribution >= 4 is 17.0 Å². The summed E-state index contributed by atoms with van der Waals surface area (Å²) in [6, 6.07) is 2.05. The number of aryl methyl sites for hydroxylation is 2. The van der Waals surface area contributed by atoms with E-state index >= 15 is 0 Å². The van der Waals surface area contributed by atoms with Crippen molar-refractivity contribution in [3.8, 4) is 0 Å². The molecular weight excluding hydrogens is 256 g/mol. The molecule has 2 rings (SSSR count). The molecule has 2 heterocycles. The van der Waals surface area contributed by atoms with Gasteiger partial charge in [0.15, 0.2) is 5.65 Å². The molecule has 2 aromatic heterocycles. The van der Waals surface area contributed by atoms with Crippen LogP contribution in [0, 0.1) is 6.92 Å². The van der Waals surface area contributed by atoms with E-state index in [2.05, 4.69) is 15.4 Å². The zero-order valence-corrected chi connectivity index (χ0v) is 12.5. The SMILES string of the molecule is COC(=O)C(C)(C)NCc1cnc2c(c1)c(C)nn2C. The van der Waals surface area contributed by atoms with Gasteiger partial charge in [-0.15, -0.1) is 0 Å². The lowest BCUT2D eigenvalue weighted by molar-refractivity contribution is -0.147. The summed E-state index contributed by atoms with van der Waals surface area (Å²) in [5, 5.41) is 8.55. The molecule has 0 radical (unpaired) electrons. The number of ether oxygens (including phenoxy) is 1. The summed E-state index contributed by atoms with van der Waals surface area (Å²) in [6.45, 7) is 6.08. The normalized spacial score (nSPS) is 11.8. The maximum Gasteiger partial charge on any atom is 0.325 e. The number of methoxy groups -OCH3 is 1. The fourth-order valence-electron chi connectivity index (χ4n) is 2.10. The van der Waals surface area contributed by atoms with Crippen molar-refractivity contribution in [1.29, 1.82) is 0 Å². The minimum absolute atomic E-state index is 0.288. The number of esters is 1. The number of aromatic nitrogens is 3. The number of rotatable bonds is 4. The number of fused-ring (bicyclic) bond motifs is 1. The Kier molecular flexibility index (Phi) is 3.76. The molecule has 108 valence electrons. The maximum atomic E-state index is 11.6. The van der Waals surface area contributed by atoms with Crippen LogP contribution in [0.3, 0.4) is 0 Å². The average Bonchev–Trinajstić information content (AvgIpc) is 2.70. The number of hydrogen-bond donors (Lipinski definition) is 1. The van der Waals surface area contributed by atoms with E-state index in [-0.39, 0.29) is 5.97 Å². The van der Waals surface area contributed by atoms with Crippen molar-refractivity contribution < 1.29 is 9.53 Å². The molecule has 0 aliphatic heterocycles. The number of pyridine rings is 1. The first-order valence-corrected chi connectivity index (χ1v) is 6.47. The van der Waals surface area contributed by atoms with E-state index in [0.717, 1.165) is 22.3 Å². The van der Waals surface area contributed by atoms with E-state index in [9.17, 15) is 4.79 Å².